The molecule has 2 heterocycles. The number of rotatable bonds is 16. The normalized spacial score (nSPS) is 20.1. The Labute approximate surface area is 273 Å². The molecular formula is C34H54N4O6S. The topological polar surface area (TPSA) is 129 Å². The predicted octanol–water partition coefficient (Wildman–Crippen LogP) is 5.28. The summed E-state index contributed by atoms with van der Waals surface area (Å²) in [6.07, 6.45) is 8.58. The van der Waals surface area contributed by atoms with E-state index >= 15 is 0 Å². The molecule has 252 valence electrons. The van der Waals surface area contributed by atoms with E-state index in [1.54, 1.807) is 17.2 Å². The number of piperidine rings is 1. The van der Waals surface area contributed by atoms with Gasteiger partial charge >= 0.3 is 5.97 Å². The van der Waals surface area contributed by atoms with Gasteiger partial charge in [-0.25, -0.2) is 9.78 Å². The lowest BCUT2D eigenvalue weighted by Crippen LogP contribution is -2.52. The Kier molecular flexibility index (Phi) is 14.7. The Morgan fingerprint density at radius 2 is 1.91 bits per heavy atom. The maximum absolute atomic E-state index is 14.6. The fourth-order valence-corrected chi connectivity index (χ4v) is 7.16. The third kappa shape index (κ3) is 10.4. The maximum Gasteiger partial charge on any atom is 0.357 e. The first-order valence-electron chi connectivity index (χ1n) is 16.8. The monoisotopic (exact) mass is 646 g/mol. The van der Waals surface area contributed by atoms with Crippen LogP contribution in [-0.4, -0.2) is 82.3 Å². The van der Waals surface area contributed by atoms with E-state index in [1.165, 1.54) is 0 Å². The molecule has 0 radical (unpaired) electrons. The first-order chi connectivity index (χ1) is 21.5. The lowest BCUT2D eigenvalue weighted by atomic mass is 9.82. The van der Waals surface area contributed by atoms with E-state index in [9.17, 15) is 24.3 Å². The van der Waals surface area contributed by atoms with Crippen LogP contribution in [0.2, 0.25) is 0 Å². The lowest BCUT2D eigenvalue weighted by molar-refractivity contribution is -0.147. The molecule has 45 heavy (non-hydrogen) atoms. The molecule has 2 N–H and O–H groups in total. The first kappa shape index (κ1) is 36.8. The quantitative estimate of drug-likeness (QED) is 0.232. The smallest absolute Gasteiger partial charge is 0.357 e. The Morgan fingerprint density at radius 3 is 2.53 bits per heavy atom. The third-order valence-electron chi connectivity index (χ3n) is 9.33. The summed E-state index contributed by atoms with van der Waals surface area (Å²) in [6, 6.07) is -0.721. The fraction of sp³-hybridized carbons (Fsp3) is 0.735. The molecular weight excluding hydrogens is 592 g/mol. The average Bonchev–Trinajstić information content (AvgIpc) is 3.52. The van der Waals surface area contributed by atoms with Crippen molar-refractivity contribution in [3.8, 4) is 0 Å². The number of likely N-dealkylation sites (tertiary alicyclic amines) is 1. The number of aliphatic hydroxyl groups excluding tert-OH is 1. The number of aliphatic hydroxyl groups is 1. The van der Waals surface area contributed by atoms with Gasteiger partial charge in [-0.1, -0.05) is 46.6 Å². The minimum Gasteiger partial charge on any atom is -0.461 e. The van der Waals surface area contributed by atoms with Gasteiger partial charge in [0, 0.05) is 35.9 Å². The highest BCUT2D eigenvalue weighted by Gasteiger charge is 2.39. The van der Waals surface area contributed by atoms with Crippen molar-refractivity contribution in [2.24, 2.45) is 17.8 Å². The number of hydrogen-bond donors (Lipinski definition) is 2. The number of amides is 2. The van der Waals surface area contributed by atoms with Gasteiger partial charge in [-0.05, 0) is 70.9 Å². The van der Waals surface area contributed by atoms with Gasteiger partial charge in [0.25, 0.3) is 0 Å². The first-order valence-corrected chi connectivity index (χ1v) is 17.7. The summed E-state index contributed by atoms with van der Waals surface area (Å²) in [5.74, 6) is -1.78. The Balaban J connectivity index is 1.91. The van der Waals surface area contributed by atoms with Crippen molar-refractivity contribution >= 4 is 34.9 Å². The van der Waals surface area contributed by atoms with E-state index in [1.807, 2.05) is 40.8 Å². The molecule has 1 fully saturated rings. The standard InChI is InChI=1S/C34H54N4O6S/c1-7-23(5)25(18-29(39)27-16-12-13-17-37(27)6)33(42)38(20-31(41)35-24-14-10-9-11-15-24)28(22(3)4)19-30(40)32-36-26(21-45-32)34(43)44-8-2/h14,21-23,25,27-28,30,40H,7-13,15-20H2,1-6H3,(H,35,41)/t23-,25-,27+,28+,30+/m0/s1. The molecule has 2 amide bonds. The van der Waals surface area contributed by atoms with Crippen molar-refractivity contribution in [2.75, 3.05) is 26.7 Å². The number of ether oxygens (including phenoxy) is 1. The highest BCUT2D eigenvalue weighted by Crippen LogP contribution is 2.32. The maximum atomic E-state index is 14.6. The number of aromatic nitrogens is 1. The van der Waals surface area contributed by atoms with E-state index in [-0.39, 0.29) is 67.2 Å². The zero-order valence-corrected chi connectivity index (χ0v) is 28.9. The van der Waals surface area contributed by atoms with Crippen molar-refractivity contribution in [1.29, 1.82) is 0 Å². The van der Waals surface area contributed by atoms with Crippen molar-refractivity contribution in [3.63, 3.8) is 0 Å². The van der Waals surface area contributed by atoms with Crippen molar-refractivity contribution in [1.82, 2.24) is 20.1 Å². The van der Waals surface area contributed by atoms with E-state index in [0.717, 1.165) is 68.5 Å². The van der Waals surface area contributed by atoms with Gasteiger partial charge in [-0.15, -0.1) is 11.3 Å². The van der Waals surface area contributed by atoms with Gasteiger partial charge in [-0.2, -0.15) is 0 Å². The van der Waals surface area contributed by atoms with Crippen LogP contribution >= 0.6 is 11.3 Å². The molecule has 1 aliphatic carbocycles. The molecule has 0 bridgehead atoms. The molecule has 10 nitrogen and oxygen atoms in total. The van der Waals surface area contributed by atoms with Crippen LogP contribution in [0, 0.1) is 17.8 Å². The second-order valence-electron chi connectivity index (χ2n) is 13.0. The van der Waals surface area contributed by atoms with Gasteiger partial charge in [0.1, 0.15) is 17.7 Å². The van der Waals surface area contributed by atoms with Crippen molar-refractivity contribution in [3.05, 3.63) is 27.9 Å². The molecule has 3 rings (SSSR count). The summed E-state index contributed by atoms with van der Waals surface area (Å²) < 4.78 is 5.05. The average molecular weight is 647 g/mol. The van der Waals surface area contributed by atoms with Crippen LogP contribution in [0.5, 0.6) is 0 Å². The highest BCUT2D eigenvalue weighted by molar-refractivity contribution is 7.09. The zero-order chi connectivity index (χ0) is 33.1. The van der Waals surface area contributed by atoms with Gasteiger partial charge < -0.3 is 20.1 Å². The largest absolute Gasteiger partial charge is 0.461 e. The number of hydrogen-bond acceptors (Lipinski definition) is 9. The second kappa shape index (κ2) is 17.9. The van der Waals surface area contributed by atoms with Crippen LogP contribution in [-0.2, 0) is 19.1 Å². The summed E-state index contributed by atoms with van der Waals surface area (Å²) >= 11 is 1.16. The Hall–Kier alpha value is -2.63. The number of nitrogens with zero attached hydrogens (tertiary/aromatic N) is 3. The van der Waals surface area contributed by atoms with E-state index < -0.39 is 24.0 Å². The van der Waals surface area contributed by atoms with Gasteiger partial charge in [0.15, 0.2) is 11.5 Å². The van der Waals surface area contributed by atoms with Crippen LogP contribution in [0.25, 0.3) is 0 Å². The summed E-state index contributed by atoms with van der Waals surface area (Å²) in [5, 5.41) is 16.2. The molecule has 0 saturated carbocycles. The lowest BCUT2D eigenvalue weighted by Gasteiger charge is -2.39. The number of Topliss-reactive ketones (excluding diaryl/α,β-unsaturated/α-hetero) is 1. The Morgan fingerprint density at radius 1 is 1.16 bits per heavy atom. The molecule has 0 aromatic carbocycles. The number of ketones is 1. The SMILES string of the molecule is CCOC(=O)c1csc([C@H](O)C[C@H](C(C)C)N(CC(=O)NC2=CCCCC2)C(=O)[C@@H](CC(=O)[C@H]2CCCCN2C)[C@@H](C)CC)n1. The number of carbonyl (C=O) groups is 4. The number of esters is 1. The molecule has 0 spiro atoms. The van der Waals surface area contributed by atoms with Crippen molar-refractivity contribution in [2.45, 2.75) is 117 Å². The Bertz CT molecular complexity index is 1180. The molecule has 1 aromatic heterocycles. The summed E-state index contributed by atoms with van der Waals surface area (Å²) in [6.45, 7) is 10.6. The van der Waals surface area contributed by atoms with Crippen LogP contribution in [0.15, 0.2) is 17.2 Å². The van der Waals surface area contributed by atoms with Crippen LogP contribution < -0.4 is 5.32 Å². The van der Waals surface area contributed by atoms with Crippen molar-refractivity contribution < 1.29 is 29.0 Å². The fourth-order valence-electron chi connectivity index (χ4n) is 6.38. The number of carbonyl (C=O) groups excluding carboxylic acids is 4. The van der Waals surface area contributed by atoms with Crippen LogP contribution in [0.4, 0.5) is 0 Å². The molecule has 2 aliphatic rings. The predicted molar refractivity (Wildman–Crippen MR) is 176 cm³/mol. The molecule has 1 aliphatic heterocycles. The molecule has 1 aromatic rings. The minimum absolute atomic E-state index is 0.0722. The molecule has 11 heteroatoms. The number of likely N-dealkylation sites (N-methyl/N-ethyl adjacent to an activating group) is 1. The summed E-state index contributed by atoms with van der Waals surface area (Å²) in [7, 11) is 1.97. The molecule has 5 atom stereocenters. The minimum atomic E-state index is -1.07. The van der Waals surface area contributed by atoms with Crippen LogP contribution in [0.3, 0.4) is 0 Å². The van der Waals surface area contributed by atoms with E-state index in [4.69, 9.17) is 4.74 Å². The molecule has 1 saturated heterocycles. The van der Waals surface area contributed by atoms with Gasteiger partial charge in [0.05, 0.1) is 12.6 Å². The third-order valence-corrected chi connectivity index (χ3v) is 10.3. The number of thiazole rings is 1. The van der Waals surface area contributed by atoms with Gasteiger partial charge in [-0.3, -0.25) is 19.3 Å². The highest BCUT2D eigenvalue weighted by atomic mass is 32.1. The zero-order valence-electron chi connectivity index (χ0n) is 28.0. The van der Waals surface area contributed by atoms with Crippen LogP contribution in [0.1, 0.15) is 120 Å². The van der Waals surface area contributed by atoms with E-state index in [0.29, 0.717) is 11.4 Å². The van der Waals surface area contributed by atoms with Gasteiger partial charge in [0.2, 0.25) is 11.8 Å². The van der Waals surface area contributed by atoms with E-state index in [2.05, 4.69) is 15.2 Å². The molecule has 0 unspecified atom stereocenters. The number of allylic oxidation sites excluding steroid dienone is 2. The second-order valence-corrected chi connectivity index (χ2v) is 13.9. The number of nitrogens with one attached hydrogen (secondary N) is 1. The summed E-state index contributed by atoms with van der Waals surface area (Å²) in [5.41, 5.74) is 1.01. The summed E-state index contributed by atoms with van der Waals surface area (Å²) in [4.78, 5) is 61.9.